The number of hydrogen-bond donors (Lipinski definition) is 2. The molecule has 1 aromatic heterocycles. The fraction of sp³-hybridized carbons (Fsp3) is 0.167. The minimum atomic E-state index is 0.218. The summed E-state index contributed by atoms with van der Waals surface area (Å²) in [5.74, 6) is 1.50. The second kappa shape index (κ2) is 4.18. The van der Waals surface area contributed by atoms with Gasteiger partial charge < -0.3 is 19.9 Å². The standard InChI is InChI=1S/C12H11NO3S/c14-10-4-12-11(15-7-16-12)3-8(10)5-13-9-1-2-17-6-9/h1-4,6,13-14H,5,7H2. The third-order valence-corrected chi connectivity index (χ3v) is 3.26. The maximum Gasteiger partial charge on any atom is 0.231 e. The summed E-state index contributed by atoms with van der Waals surface area (Å²) < 4.78 is 10.5. The summed E-state index contributed by atoms with van der Waals surface area (Å²) in [4.78, 5) is 0. The number of phenols is 1. The Balaban J connectivity index is 1.79. The zero-order valence-corrected chi connectivity index (χ0v) is 9.79. The number of thiophene rings is 1. The van der Waals surface area contributed by atoms with Gasteiger partial charge in [-0.3, -0.25) is 0 Å². The van der Waals surface area contributed by atoms with Crippen LogP contribution in [0.15, 0.2) is 29.0 Å². The number of anilines is 1. The fourth-order valence-corrected chi connectivity index (χ4v) is 2.29. The largest absolute Gasteiger partial charge is 0.507 e. The average molecular weight is 249 g/mol. The molecular weight excluding hydrogens is 238 g/mol. The van der Waals surface area contributed by atoms with E-state index in [1.807, 2.05) is 16.8 Å². The molecule has 0 saturated heterocycles. The zero-order chi connectivity index (χ0) is 11.7. The number of nitrogens with one attached hydrogen (secondary N) is 1. The van der Waals surface area contributed by atoms with Crippen molar-refractivity contribution in [1.82, 2.24) is 0 Å². The first-order valence-corrected chi connectivity index (χ1v) is 6.15. The molecule has 2 N–H and O–H groups in total. The molecule has 5 heteroatoms. The fourth-order valence-electron chi connectivity index (χ4n) is 1.68. The van der Waals surface area contributed by atoms with Gasteiger partial charge in [-0.25, -0.2) is 0 Å². The molecule has 88 valence electrons. The molecule has 2 heterocycles. The maximum atomic E-state index is 9.83. The first kappa shape index (κ1) is 10.3. The van der Waals surface area contributed by atoms with Gasteiger partial charge in [-0.05, 0) is 17.5 Å². The molecule has 3 rings (SSSR count). The third-order valence-electron chi connectivity index (χ3n) is 2.58. The molecule has 0 saturated carbocycles. The normalized spacial score (nSPS) is 12.7. The first-order valence-electron chi connectivity index (χ1n) is 5.20. The molecule has 0 bridgehead atoms. The lowest BCUT2D eigenvalue weighted by molar-refractivity contribution is 0.174. The van der Waals surface area contributed by atoms with Crippen LogP contribution in [-0.2, 0) is 6.54 Å². The van der Waals surface area contributed by atoms with E-state index in [-0.39, 0.29) is 12.5 Å². The van der Waals surface area contributed by atoms with E-state index in [1.54, 1.807) is 23.5 Å². The highest BCUT2D eigenvalue weighted by atomic mass is 32.1. The molecule has 0 fully saturated rings. The van der Waals surface area contributed by atoms with E-state index < -0.39 is 0 Å². The summed E-state index contributed by atoms with van der Waals surface area (Å²) in [6, 6.07) is 5.39. The van der Waals surface area contributed by atoms with Crippen molar-refractivity contribution < 1.29 is 14.6 Å². The molecule has 0 unspecified atom stereocenters. The second-order valence-corrected chi connectivity index (χ2v) is 4.48. The van der Waals surface area contributed by atoms with Crippen molar-refractivity contribution in [2.24, 2.45) is 0 Å². The summed E-state index contributed by atoms with van der Waals surface area (Å²) in [6.45, 7) is 0.773. The summed E-state index contributed by atoms with van der Waals surface area (Å²) in [6.07, 6.45) is 0. The lowest BCUT2D eigenvalue weighted by atomic mass is 10.1. The van der Waals surface area contributed by atoms with Crippen molar-refractivity contribution in [3.63, 3.8) is 0 Å². The summed E-state index contributed by atoms with van der Waals surface area (Å²) >= 11 is 1.63. The Morgan fingerprint density at radius 1 is 1.29 bits per heavy atom. The SMILES string of the molecule is Oc1cc2c(cc1CNc1ccsc1)OCO2. The molecule has 1 aromatic carbocycles. The molecule has 4 nitrogen and oxygen atoms in total. The molecule has 0 radical (unpaired) electrons. The van der Waals surface area contributed by atoms with Crippen LogP contribution in [-0.4, -0.2) is 11.9 Å². The molecule has 0 amide bonds. The topological polar surface area (TPSA) is 50.7 Å². The van der Waals surface area contributed by atoms with Crippen LogP contribution in [0.25, 0.3) is 0 Å². The van der Waals surface area contributed by atoms with Gasteiger partial charge in [0.05, 0.1) is 0 Å². The molecule has 0 spiro atoms. The van der Waals surface area contributed by atoms with Gasteiger partial charge in [0.2, 0.25) is 6.79 Å². The van der Waals surface area contributed by atoms with Gasteiger partial charge in [0.15, 0.2) is 11.5 Å². The van der Waals surface area contributed by atoms with Crippen molar-refractivity contribution in [3.8, 4) is 17.2 Å². The van der Waals surface area contributed by atoms with Gasteiger partial charge in [0.1, 0.15) is 5.75 Å². The van der Waals surface area contributed by atoms with Crippen LogP contribution in [0.3, 0.4) is 0 Å². The predicted molar refractivity (Wildman–Crippen MR) is 65.9 cm³/mol. The van der Waals surface area contributed by atoms with Crippen LogP contribution in [0.2, 0.25) is 0 Å². The van der Waals surface area contributed by atoms with Crippen LogP contribution < -0.4 is 14.8 Å². The number of hydrogen-bond acceptors (Lipinski definition) is 5. The van der Waals surface area contributed by atoms with E-state index in [2.05, 4.69) is 5.32 Å². The van der Waals surface area contributed by atoms with Crippen molar-refractivity contribution in [2.75, 3.05) is 12.1 Å². The molecule has 0 atom stereocenters. The molecule has 0 aliphatic carbocycles. The van der Waals surface area contributed by atoms with Gasteiger partial charge in [-0.15, -0.1) is 0 Å². The monoisotopic (exact) mass is 249 g/mol. The number of ether oxygens (including phenoxy) is 2. The van der Waals surface area contributed by atoms with Crippen molar-refractivity contribution in [2.45, 2.75) is 6.54 Å². The van der Waals surface area contributed by atoms with Crippen LogP contribution in [0.5, 0.6) is 17.2 Å². The number of phenolic OH excluding ortho intramolecular Hbond substituents is 1. The molecule has 2 aromatic rings. The lowest BCUT2D eigenvalue weighted by Gasteiger charge is -2.07. The first-order chi connectivity index (χ1) is 8.33. The molecule has 17 heavy (non-hydrogen) atoms. The molecule has 1 aliphatic heterocycles. The number of aromatic hydroxyl groups is 1. The third kappa shape index (κ3) is 2.01. The number of benzene rings is 1. The number of rotatable bonds is 3. The molecular formula is C12H11NO3S. The highest BCUT2D eigenvalue weighted by molar-refractivity contribution is 7.08. The lowest BCUT2D eigenvalue weighted by Crippen LogP contribution is -1.98. The van der Waals surface area contributed by atoms with E-state index in [0.717, 1.165) is 11.3 Å². The summed E-state index contributed by atoms with van der Waals surface area (Å²) in [5, 5.41) is 17.1. The van der Waals surface area contributed by atoms with Gasteiger partial charge in [-0.2, -0.15) is 11.3 Å². The van der Waals surface area contributed by atoms with Crippen LogP contribution >= 0.6 is 11.3 Å². The van der Waals surface area contributed by atoms with Gasteiger partial charge in [0.25, 0.3) is 0 Å². The van der Waals surface area contributed by atoms with E-state index in [9.17, 15) is 5.11 Å². The van der Waals surface area contributed by atoms with E-state index >= 15 is 0 Å². The van der Waals surface area contributed by atoms with Crippen molar-refractivity contribution in [1.29, 1.82) is 0 Å². The Labute approximate surface area is 102 Å². The van der Waals surface area contributed by atoms with Crippen molar-refractivity contribution >= 4 is 17.0 Å². The van der Waals surface area contributed by atoms with E-state index in [1.165, 1.54) is 0 Å². The molecule has 1 aliphatic rings. The Morgan fingerprint density at radius 3 is 2.88 bits per heavy atom. The second-order valence-electron chi connectivity index (χ2n) is 3.70. The summed E-state index contributed by atoms with van der Waals surface area (Å²) in [7, 11) is 0. The van der Waals surface area contributed by atoms with E-state index in [4.69, 9.17) is 9.47 Å². The van der Waals surface area contributed by atoms with Crippen molar-refractivity contribution in [3.05, 3.63) is 34.5 Å². The van der Waals surface area contributed by atoms with Gasteiger partial charge in [0, 0.05) is 29.2 Å². The van der Waals surface area contributed by atoms with Crippen LogP contribution in [0.1, 0.15) is 5.56 Å². The van der Waals surface area contributed by atoms with Gasteiger partial charge >= 0.3 is 0 Å². The Bertz CT molecular complexity index is 525. The Kier molecular flexibility index (Phi) is 2.53. The quantitative estimate of drug-likeness (QED) is 0.878. The number of fused-ring (bicyclic) bond motifs is 1. The summed E-state index contributed by atoms with van der Waals surface area (Å²) in [5.41, 5.74) is 1.84. The highest BCUT2D eigenvalue weighted by Gasteiger charge is 2.16. The predicted octanol–water partition coefficient (Wildman–Crippen LogP) is 2.79. The zero-order valence-electron chi connectivity index (χ0n) is 8.97. The Morgan fingerprint density at radius 2 is 2.12 bits per heavy atom. The van der Waals surface area contributed by atoms with Crippen LogP contribution in [0, 0.1) is 0 Å². The maximum absolute atomic E-state index is 9.83. The minimum Gasteiger partial charge on any atom is -0.507 e. The van der Waals surface area contributed by atoms with Crippen LogP contribution in [0.4, 0.5) is 5.69 Å². The highest BCUT2D eigenvalue weighted by Crippen LogP contribution is 2.37. The average Bonchev–Trinajstić information content (AvgIpc) is 2.95. The van der Waals surface area contributed by atoms with E-state index in [0.29, 0.717) is 18.0 Å². The van der Waals surface area contributed by atoms with Gasteiger partial charge in [-0.1, -0.05) is 0 Å². The smallest absolute Gasteiger partial charge is 0.231 e. The minimum absolute atomic E-state index is 0.218. The Hall–Kier alpha value is -1.88.